The highest BCUT2D eigenvalue weighted by Gasteiger charge is 2.37. The van der Waals surface area contributed by atoms with E-state index in [4.69, 9.17) is 14.2 Å². The number of anilines is 2. The van der Waals surface area contributed by atoms with Gasteiger partial charge in [-0.3, -0.25) is 14.9 Å². The first-order chi connectivity index (χ1) is 18.4. The van der Waals surface area contributed by atoms with E-state index in [2.05, 4.69) is 39.0 Å². The van der Waals surface area contributed by atoms with E-state index >= 15 is 0 Å². The second kappa shape index (κ2) is 9.38. The van der Waals surface area contributed by atoms with Gasteiger partial charge >= 0.3 is 6.03 Å². The van der Waals surface area contributed by atoms with Gasteiger partial charge in [0, 0.05) is 41.9 Å². The standard InChI is InChI=1S/C28H26N4O6/c1-17-13-19(18(2)31(17)21-5-3-20(4-6-21)30-9-11-36-12-10-30)14-23-26(33)29-28(35)32(27(23)34)22-7-8-24-25(15-22)38-16-37-24/h3-8,13-15H,9-12,16H2,1-2H3,(H,29,33,35). The van der Waals surface area contributed by atoms with Gasteiger partial charge in [0.15, 0.2) is 11.5 Å². The van der Waals surface area contributed by atoms with Crippen LogP contribution < -0.4 is 24.6 Å². The fourth-order valence-corrected chi connectivity index (χ4v) is 5.04. The minimum absolute atomic E-state index is 0.0636. The highest BCUT2D eigenvalue weighted by molar-refractivity contribution is 6.39. The average molecular weight is 515 g/mol. The molecule has 0 aliphatic carbocycles. The van der Waals surface area contributed by atoms with Crippen molar-refractivity contribution >= 4 is 35.3 Å². The molecule has 0 unspecified atom stereocenters. The van der Waals surface area contributed by atoms with Crippen molar-refractivity contribution in [1.29, 1.82) is 0 Å². The molecule has 1 aromatic heterocycles. The summed E-state index contributed by atoms with van der Waals surface area (Å²) in [5.74, 6) is -0.501. The lowest BCUT2D eigenvalue weighted by molar-refractivity contribution is -0.122. The number of nitrogens with zero attached hydrogens (tertiary/aromatic N) is 3. The van der Waals surface area contributed by atoms with Crippen molar-refractivity contribution in [1.82, 2.24) is 9.88 Å². The fraction of sp³-hybridized carbons (Fsp3) is 0.250. The van der Waals surface area contributed by atoms with E-state index in [9.17, 15) is 14.4 Å². The van der Waals surface area contributed by atoms with Gasteiger partial charge in [0.2, 0.25) is 6.79 Å². The van der Waals surface area contributed by atoms with E-state index in [1.807, 2.05) is 19.9 Å². The Balaban J connectivity index is 1.31. The zero-order chi connectivity index (χ0) is 26.4. The number of amides is 4. The average Bonchev–Trinajstić information content (AvgIpc) is 3.50. The Morgan fingerprint density at radius 2 is 1.53 bits per heavy atom. The lowest BCUT2D eigenvalue weighted by atomic mass is 10.1. The van der Waals surface area contributed by atoms with Gasteiger partial charge < -0.3 is 23.7 Å². The van der Waals surface area contributed by atoms with Gasteiger partial charge in [0.25, 0.3) is 11.8 Å². The SMILES string of the molecule is Cc1cc(C=C2C(=O)NC(=O)N(c3ccc4c(c3)OCO4)C2=O)c(C)n1-c1ccc(N2CCOCC2)cc1. The Morgan fingerprint density at radius 1 is 0.842 bits per heavy atom. The number of carbonyl (C=O) groups excluding carboxylic acids is 3. The number of benzene rings is 2. The summed E-state index contributed by atoms with van der Waals surface area (Å²) >= 11 is 0. The zero-order valence-electron chi connectivity index (χ0n) is 21.0. The molecule has 2 fully saturated rings. The third-order valence-corrected chi connectivity index (χ3v) is 6.97. The van der Waals surface area contributed by atoms with E-state index in [1.54, 1.807) is 18.2 Å². The lowest BCUT2D eigenvalue weighted by Crippen LogP contribution is -2.54. The van der Waals surface area contributed by atoms with Crippen LogP contribution in [0.5, 0.6) is 11.5 Å². The number of ether oxygens (including phenoxy) is 3. The van der Waals surface area contributed by atoms with Gasteiger partial charge in [-0.2, -0.15) is 0 Å². The second-order valence-corrected chi connectivity index (χ2v) is 9.27. The van der Waals surface area contributed by atoms with Crippen molar-refractivity contribution < 1.29 is 28.6 Å². The number of hydrogen-bond acceptors (Lipinski definition) is 7. The number of aryl methyl sites for hydroxylation is 1. The molecule has 0 bridgehead atoms. The number of rotatable bonds is 4. The molecule has 4 heterocycles. The topological polar surface area (TPSA) is 102 Å². The number of barbiturate groups is 1. The highest BCUT2D eigenvalue weighted by atomic mass is 16.7. The van der Waals surface area contributed by atoms with Gasteiger partial charge in [-0.05, 0) is 68.0 Å². The summed E-state index contributed by atoms with van der Waals surface area (Å²) in [5, 5.41) is 2.27. The first-order valence-electron chi connectivity index (χ1n) is 12.3. The number of fused-ring (bicyclic) bond motifs is 1. The van der Waals surface area contributed by atoms with Crippen molar-refractivity contribution in [3.8, 4) is 17.2 Å². The number of nitrogens with one attached hydrogen (secondary N) is 1. The molecule has 2 aromatic carbocycles. The van der Waals surface area contributed by atoms with E-state index < -0.39 is 17.8 Å². The van der Waals surface area contributed by atoms with Crippen LogP contribution in [0.25, 0.3) is 11.8 Å². The summed E-state index contributed by atoms with van der Waals surface area (Å²) in [7, 11) is 0. The van der Waals surface area contributed by atoms with Crippen molar-refractivity contribution in [2.45, 2.75) is 13.8 Å². The summed E-state index contributed by atoms with van der Waals surface area (Å²) in [6.45, 7) is 7.13. The lowest BCUT2D eigenvalue weighted by Gasteiger charge is -2.29. The summed E-state index contributed by atoms with van der Waals surface area (Å²) in [5.41, 5.74) is 4.77. The van der Waals surface area contributed by atoms with E-state index in [0.29, 0.717) is 17.1 Å². The molecule has 3 aliphatic rings. The minimum atomic E-state index is -0.818. The Morgan fingerprint density at radius 3 is 2.29 bits per heavy atom. The molecule has 194 valence electrons. The molecule has 1 N–H and O–H groups in total. The Hall–Kier alpha value is -4.57. The number of carbonyl (C=O) groups is 3. The molecule has 0 atom stereocenters. The summed E-state index contributed by atoms with van der Waals surface area (Å²) in [4.78, 5) is 42.0. The maximum Gasteiger partial charge on any atom is 0.335 e. The number of imide groups is 2. The Labute approximate surface area is 219 Å². The van der Waals surface area contributed by atoms with E-state index in [-0.39, 0.29) is 18.1 Å². The maximum absolute atomic E-state index is 13.4. The molecule has 2 saturated heterocycles. The summed E-state index contributed by atoms with van der Waals surface area (Å²) < 4.78 is 18.2. The van der Waals surface area contributed by atoms with Crippen LogP contribution in [0.2, 0.25) is 0 Å². The molecule has 38 heavy (non-hydrogen) atoms. The summed E-state index contributed by atoms with van der Waals surface area (Å²) in [6.07, 6.45) is 1.53. The molecule has 10 nitrogen and oxygen atoms in total. The van der Waals surface area contributed by atoms with Crippen LogP contribution in [-0.4, -0.2) is 55.5 Å². The third kappa shape index (κ3) is 4.08. The Kier molecular flexibility index (Phi) is 5.88. The molecule has 0 saturated carbocycles. The molecular weight excluding hydrogens is 488 g/mol. The molecule has 3 aromatic rings. The van der Waals surface area contributed by atoms with Crippen LogP contribution in [0.1, 0.15) is 17.0 Å². The normalized spacial score (nSPS) is 18.4. The van der Waals surface area contributed by atoms with Crippen LogP contribution in [0.15, 0.2) is 54.1 Å². The molecular formula is C28H26N4O6. The first kappa shape index (κ1) is 23.8. The van der Waals surface area contributed by atoms with Crippen molar-refractivity contribution in [3.05, 3.63) is 71.1 Å². The fourth-order valence-electron chi connectivity index (χ4n) is 5.04. The monoisotopic (exact) mass is 514 g/mol. The number of urea groups is 1. The zero-order valence-corrected chi connectivity index (χ0v) is 21.0. The van der Waals surface area contributed by atoms with Gasteiger partial charge in [-0.25, -0.2) is 9.69 Å². The van der Waals surface area contributed by atoms with Crippen LogP contribution in [-0.2, 0) is 14.3 Å². The van der Waals surface area contributed by atoms with Gasteiger partial charge in [0.1, 0.15) is 5.57 Å². The largest absolute Gasteiger partial charge is 0.454 e. The van der Waals surface area contributed by atoms with Crippen molar-refractivity contribution in [3.63, 3.8) is 0 Å². The smallest absolute Gasteiger partial charge is 0.335 e. The van der Waals surface area contributed by atoms with Gasteiger partial charge in [-0.15, -0.1) is 0 Å². The highest BCUT2D eigenvalue weighted by Crippen LogP contribution is 2.36. The van der Waals surface area contributed by atoms with Gasteiger partial charge in [0.05, 0.1) is 18.9 Å². The quantitative estimate of drug-likeness (QED) is 0.421. The van der Waals surface area contributed by atoms with Crippen LogP contribution in [0.4, 0.5) is 16.2 Å². The van der Waals surface area contributed by atoms with E-state index in [0.717, 1.165) is 54.0 Å². The van der Waals surface area contributed by atoms with Gasteiger partial charge in [-0.1, -0.05) is 0 Å². The minimum Gasteiger partial charge on any atom is -0.454 e. The van der Waals surface area contributed by atoms with Crippen LogP contribution in [0.3, 0.4) is 0 Å². The molecule has 3 aliphatic heterocycles. The number of morpholine rings is 1. The number of hydrogen-bond donors (Lipinski definition) is 1. The predicted octanol–water partition coefficient (Wildman–Crippen LogP) is 3.33. The molecule has 4 amide bonds. The van der Waals surface area contributed by atoms with Crippen LogP contribution in [0, 0.1) is 13.8 Å². The number of aromatic nitrogens is 1. The third-order valence-electron chi connectivity index (χ3n) is 6.97. The molecule has 6 rings (SSSR count). The second-order valence-electron chi connectivity index (χ2n) is 9.27. The predicted molar refractivity (Wildman–Crippen MR) is 140 cm³/mol. The van der Waals surface area contributed by atoms with Crippen molar-refractivity contribution in [2.75, 3.05) is 42.9 Å². The van der Waals surface area contributed by atoms with E-state index in [1.165, 1.54) is 6.08 Å². The first-order valence-corrected chi connectivity index (χ1v) is 12.3. The molecule has 10 heteroatoms. The molecule has 0 radical (unpaired) electrons. The maximum atomic E-state index is 13.4. The summed E-state index contributed by atoms with van der Waals surface area (Å²) in [6, 6.07) is 14.1. The van der Waals surface area contributed by atoms with Crippen LogP contribution >= 0.6 is 0 Å². The Bertz CT molecular complexity index is 1480. The van der Waals surface area contributed by atoms with Crippen molar-refractivity contribution in [2.24, 2.45) is 0 Å². The molecule has 0 spiro atoms.